The number of furan rings is 1. The van der Waals surface area contributed by atoms with Crippen LogP contribution in [0.1, 0.15) is 76.9 Å². The Bertz CT molecular complexity index is 429. The van der Waals surface area contributed by atoms with Gasteiger partial charge in [-0.25, -0.2) is 0 Å². The lowest BCUT2D eigenvalue weighted by atomic mass is 10.1. The van der Waals surface area contributed by atoms with Crippen LogP contribution in [0, 0.1) is 5.92 Å². The Morgan fingerprint density at radius 1 is 1.38 bits per heavy atom. The largest absolute Gasteiger partial charge is 0.464 e. The van der Waals surface area contributed by atoms with Crippen LogP contribution in [-0.2, 0) is 0 Å². The zero-order valence-electron chi connectivity index (χ0n) is 14.1. The van der Waals surface area contributed by atoms with Gasteiger partial charge in [0, 0.05) is 18.5 Å². The number of hydrogen-bond donors (Lipinski definition) is 1. The molecule has 0 bridgehead atoms. The van der Waals surface area contributed by atoms with Crippen LogP contribution >= 0.6 is 0 Å². The summed E-state index contributed by atoms with van der Waals surface area (Å²) >= 11 is 0. The first-order chi connectivity index (χ1) is 10.1. The van der Waals surface area contributed by atoms with Crippen molar-refractivity contribution < 1.29 is 4.42 Å². The van der Waals surface area contributed by atoms with Gasteiger partial charge in [-0.2, -0.15) is 0 Å². The molecule has 21 heavy (non-hydrogen) atoms. The third-order valence-electron chi connectivity index (χ3n) is 5.00. The van der Waals surface area contributed by atoms with Crippen molar-refractivity contribution in [3.8, 4) is 0 Å². The first kappa shape index (κ1) is 16.6. The number of rotatable bonds is 9. The first-order valence-electron chi connectivity index (χ1n) is 8.67. The second-order valence-electron chi connectivity index (χ2n) is 6.66. The molecule has 0 spiro atoms. The van der Waals surface area contributed by atoms with E-state index >= 15 is 0 Å². The smallest absolute Gasteiger partial charge is 0.122 e. The average molecular weight is 292 g/mol. The lowest BCUT2D eigenvalue weighted by molar-refractivity contribution is 0.124. The van der Waals surface area contributed by atoms with Gasteiger partial charge in [-0.05, 0) is 50.8 Å². The minimum Gasteiger partial charge on any atom is -0.464 e. The molecule has 1 aliphatic carbocycles. The molecule has 2 rings (SSSR count). The third kappa shape index (κ3) is 3.89. The highest BCUT2D eigenvalue weighted by Crippen LogP contribution is 2.47. The van der Waals surface area contributed by atoms with Gasteiger partial charge < -0.3 is 10.2 Å². The molecule has 4 unspecified atom stereocenters. The Balaban J connectivity index is 2.12. The highest BCUT2D eigenvalue weighted by Gasteiger charge is 2.37. The van der Waals surface area contributed by atoms with Gasteiger partial charge >= 0.3 is 0 Å². The Hall–Kier alpha value is -0.800. The van der Waals surface area contributed by atoms with Crippen LogP contribution in [-0.4, -0.2) is 24.0 Å². The second-order valence-corrected chi connectivity index (χ2v) is 6.66. The summed E-state index contributed by atoms with van der Waals surface area (Å²) in [5.41, 5.74) is 6.10. The quantitative estimate of drug-likeness (QED) is 0.737. The lowest BCUT2D eigenvalue weighted by Gasteiger charge is -2.34. The Morgan fingerprint density at radius 3 is 2.62 bits per heavy atom. The van der Waals surface area contributed by atoms with Crippen molar-refractivity contribution in [1.82, 2.24) is 4.90 Å². The Kier molecular flexibility index (Phi) is 5.88. The van der Waals surface area contributed by atoms with Crippen molar-refractivity contribution in [1.29, 1.82) is 0 Å². The molecule has 1 heterocycles. The van der Waals surface area contributed by atoms with Gasteiger partial charge in [0.1, 0.15) is 11.5 Å². The molecule has 0 saturated heterocycles. The average Bonchev–Trinajstić information content (AvgIpc) is 3.02. The normalized spacial score (nSPS) is 24.3. The first-order valence-corrected chi connectivity index (χ1v) is 8.67. The molecule has 1 aromatic heterocycles. The summed E-state index contributed by atoms with van der Waals surface area (Å²) in [5, 5.41) is 0. The summed E-state index contributed by atoms with van der Waals surface area (Å²) in [6.45, 7) is 10.8. The maximum absolute atomic E-state index is 6.16. The highest BCUT2D eigenvalue weighted by molar-refractivity contribution is 5.19. The third-order valence-corrected chi connectivity index (χ3v) is 5.00. The van der Waals surface area contributed by atoms with Gasteiger partial charge in [0.25, 0.3) is 0 Å². The van der Waals surface area contributed by atoms with Gasteiger partial charge in [0.2, 0.25) is 0 Å². The number of nitrogens with zero attached hydrogens (tertiary/aromatic N) is 1. The molecule has 1 aliphatic rings. The van der Waals surface area contributed by atoms with Gasteiger partial charge in [-0.3, -0.25) is 4.90 Å². The molecule has 0 aliphatic heterocycles. The molecule has 4 atom stereocenters. The molecule has 0 radical (unpaired) electrons. The van der Waals surface area contributed by atoms with Gasteiger partial charge in [-0.1, -0.05) is 27.2 Å². The van der Waals surface area contributed by atoms with E-state index in [1.807, 2.05) is 0 Å². The SMILES string of the molecule is CCCCN(C(C)CC)C(CN)c1ccc(C2CC2C)o1. The summed E-state index contributed by atoms with van der Waals surface area (Å²) in [4.78, 5) is 2.53. The molecule has 0 aromatic carbocycles. The van der Waals surface area contributed by atoms with E-state index in [2.05, 4.69) is 44.7 Å². The summed E-state index contributed by atoms with van der Waals surface area (Å²) < 4.78 is 6.16. The van der Waals surface area contributed by atoms with Crippen LogP contribution in [0.15, 0.2) is 16.5 Å². The van der Waals surface area contributed by atoms with Crippen LogP contribution in [0.25, 0.3) is 0 Å². The molecule has 1 aromatic rings. The fraction of sp³-hybridized carbons (Fsp3) is 0.778. The van der Waals surface area contributed by atoms with E-state index in [0.29, 0.717) is 18.5 Å². The molecular weight excluding hydrogens is 260 g/mol. The van der Waals surface area contributed by atoms with Crippen LogP contribution < -0.4 is 5.73 Å². The Labute approximate surface area is 129 Å². The second kappa shape index (κ2) is 7.46. The van der Waals surface area contributed by atoms with Crippen molar-refractivity contribution in [2.24, 2.45) is 11.7 Å². The minimum atomic E-state index is 0.217. The van der Waals surface area contributed by atoms with E-state index in [4.69, 9.17) is 10.2 Å². The molecule has 0 amide bonds. The fourth-order valence-corrected chi connectivity index (χ4v) is 3.14. The fourth-order valence-electron chi connectivity index (χ4n) is 3.14. The maximum Gasteiger partial charge on any atom is 0.122 e. The van der Waals surface area contributed by atoms with E-state index in [0.717, 1.165) is 30.4 Å². The summed E-state index contributed by atoms with van der Waals surface area (Å²) in [6, 6.07) is 5.08. The van der Waals surface area contributed by atoms with Crippen molar-refractivity contribution >= 4 is 0 Å². The van der Waals surface area contributed by atoms with E-state index < -0.39 is 0 Å². The molecular formula is C18H32N2O. The van der Waals surface area contributed by atoms with E-state index in [1.54, 1.807) is 0 Å². The van der Waals surface area contributed by atoms with Crippen LogP contribution in [0.4, 0.5) is 0 Å². The van der Waals surface area contributed by atoms with Crippen molar-refractivity contribution in [2.45, 2.75) is 71.4 Å². The van der Waals surface area contributed by atoms with E-state index in [1.165, 1.54) is 19.3 Å². The van der Waals surface area contributed by atoms with Crippen molar-refractivity contribution in [3.63, 3.8) is 0 Å². The van der Waals surface area contributed by atoms with Gasteiger partial charge in [-0.15, -0.1) is 0 Å². The predicted octanol–water partition coefficient (Wildman–Crippen LogP) is 4.30. The summed E-state index contributed by atoms with van der Waals surface area (Å²) in [5.74, 6) is 3.65. The van der Waals surface area contributed by atoms with E-state index in [-0.39, 0.29) is 6.04 Å². The van der Waals surface area contributed by atoms with Gasteiger partial charge in [0.05, 0.1) is 6.04 Å². The maximum atomic E-state index is 6.16. The predicted molar refractivity (Wildman–Crippen MR) is 88.4 cm³/mol. The number of unbranched alkanes of at least 4 members (excludes halogenated alkanes) is 1. The summed E-state index contributed by atoms with van der Waals surface area (Å²) in [7, 11) is 0. The molecule has 1 fully saturated rings. The summed E-state index contributed by atoms with van der Waals surface area (Å²) in [6.07, 6.45) is 4.85. The highest BCUT2D eigenvalue weighted by atomic mass is 16.3. The monoisotopic (exact) mass is 292 g/mol. The van der Waals surface area contributed by atoms with Crippen LogP contribution in [0.3, 0.4) is 0 Å². The topological polar surface area (TPSA) is 42.4 Å². The lowest BCUT2D eigenvalue weighted by Crippen LogP contribution is -2.40. The Morgan fingerprint density at radius 2 is 2.10 bits per heavy atom. The van der Waals surface area contributed by atoms with E-state index in [9.17, 15) is 0 Å². The zero-order chi connectivity index (χ0) is 15.4. The number of hydrogen-bond acceptors (Lipinski definition) is 3. The van der Waals surface area contributed by atoms with Crippen molar-refractivity contribution in [2.75, 3.05) is 13.1 Å². The minimum absolute atomic E-state index is 0.217. The molecule has 3 heteroatoms. The molecule has 2 N–H and O–H groups in total. The molecule has 1 saturated carbocycles. The zero-order valence-corrected chi connectivity index (χ0v) is 14.1. The standard InChI is InChI=1S/C18H32N2O/c1-5-7-10-20(14(4)6-2)16(12-19)18-9-8-17(21-18)15-11-13(15)3/h8-9,13-16H,5-7,10-12,19H2,1-4H3. The van der Waals surface area contributed by atoms with Crippen LogP contribution in [0.2, 0.25) is 0 Å². The van der Waals surface area contributed by atoms with Gasteiger partial charge in [0.15, 0.2) is 0 Å². The van der Waals surface area contributed by atoms with Crippen LogP contribution in [0.5, 0.6) is 0 Å². The molecule has 120 valence electrons. The van der Waals surface area contributed by atoms with Crippen molar-refractivity contribution in [3.05, 3.63) is 23.7 Å². The number of nitrogens with two attached hydrogens (primary N) is 1. The molecule has 3 nitrogen and oxygen atoms in total.